The highest BCUT2D eigenvalue weighted by atomic mass is 19.1. The van der Waals surface area contributed by atoms with Crippen molar-refractivity contribution in [1.82, 2.24) is 9.80 Å². The predicted octanol–water partition coefficient (Wildman–Crippen LogP) is 5.57. The molecule has 0 spiro atoms. The van der Waals surface area contributed by atoms with Crippen LogP contribution < -0.4 is 0 Å². The van der Waals surface area contributed by atoms with Gasteiger partial charge in [-0.25, -0.2) is 14.4 Å². The van der Waals surface area contributed by atoms with Crippen molar-refractivity contribution in [3.63, 3.8) is 0 Å². The lowest BCUT2D eigenvalue weighted by molar-refractivity contribution is -0.115. The second kappa shape index (κ2) is 13.0. The number of ketones is 1. The smallest absolute Gasteiger partial charge is 0.226 e. The highest BCUT2D eigenvalue weighted by Crippen LogP contribution is 2.24. The number of hydrogen-bond acceptors (Lipinski definition) is 5. The quantitative estimate of drug-likeness (QED) is 0.357. The molecule has 0 amide bonds. The average molecular weight is 453 g/mol. The summed E-state index contributed by atoms with van der Waals surface area (Å²) in [5.41, 5.74) is 3.52. The molecule has 1 fully saturated rings. The minimum atomic E-state index is -0.299. The molecule has 178 valence electrons. The molecule has 2 aliphatic heterocycles. The molecule has 0 bridgehead atoms. The lowest BCUT2D eigenvalue weighted by Crippen LogP contribution is -2.33. The summed E-state index contributed by atoms with van der Waals surface area (Å²) in [5, 5.41) is 0. The van der Waals surface area contributed by atoms with E-state index in [4.69, 9.17) is 4.99 Å². The summed E-state index contributed by atoms with van der Waals surface area (Å²) in [7, 11) is 2.13. The number of likely N-dealkylation sites (N-methyl/N-ethyl adjacent to an activating group) is 1. The maximum absolute atomic E-state index is 13.6. The maximum atomic E-state index is 13.6. The van der Waals surface area contributed by atoms with Gasteiger partial charge in [0.25, 0.3) is 0 Å². The van der Waals surface area contributed by atoms with Gasteiger partial charge in [0, 0.05) is 37.2 Å². The van der Waals surface area contributed by atoms with Gasteiger partial charge in [-0.2, -0.15) is 0 Å². The van der Waals surface area contributed by atoms with Crippen LogP contribution in [0.1, 0.15) is 47.0 Å². The Balaban J connectivity index is 2.06. The van der Waals surface area contributed by atoms with Gasteiger partial charge in [0.15, 0.2) is 5.78 Å². The molecule has 0 aromatic rings. The third kappa shape index (κ3) is 7.90. The van der Waals surface area contributed by atoms with E-state index in [9.17, 15) is 9.18 Å². The van der Waals surface area contributed by atoms with Gasteiger partial charge in [-0.1, -0.05) is 36.5 Å². The molecule has 6 heteroatoms. The zero-order valence-corrected chi connectivity index (χ0v) is 20.7. The van der Waals surface area contributed by atoms with Gasteiger partial charge in [-0.3, -0.25) is 4.79 Å². The molecule has 0 radical (unpaired) electrons. The fraction of sp³-hybridized carbons (Fsp3) is 0.444. The monoisotopic (exact) mass is 452 g/mol. The van der Waals surface area contributed by atoms with E-state index in [0.29, 0.717) is 35.8 Å². The number of aliphatic imine (C=N–C) groups is 2. The van der Waals surface area contributed by atoms with Gasteiger partial charge in [0.1, 0.15) is 5.83 Å². The van der Waals surface area contributed by atoms with E-state index in [0.717, 1.165) is 43.7 Å². The van der Waals surface area contributed by atoms with Crippen molar-refractivity contribution >= 4 is 17.5 Å². The highest BCUT2D eigenvalue weighted by Gasteiger charge is 2.26. The van der Waals surface area contributed by atoms with Crippen LogP contribution in [0.15, 0.2) is 81.3 Å². The van der Waals surface area contributed by atoms with Crippen molar-refractivity contribution in [2.24, 2.45) is 9.98 Å². The van der Waals surface area contributed by atoms with Gasteiger partial charge >= 0.3 is 0 Å². The summed E-state index contributed by atoms with van der Waals surface area (Å²) < 4.78 is 13.6. The number of halogens is 1. The minimum absolute atomic E-state index is 0.0179. The van der Waals surface area contributed by atoms with Gasteiger partial charge in [0.2, 0.25) is 5.96 Å². The Morgan fingerprint density at radius 3 is 2.55 bits per heavy atom. The fourth-order valence-electron chi connectivity index (χ4n) is 3.78. The fourth-order valence-corrected chi connectivity index (χ4v) is 3.78. The van der Waals surface area contributed by atoms with E-state index >= 15 is 0 Å². The number of carbonyl (C=O) groups excluding carboxylic acids is 1. The molecule has 1 saturated heterocycles. The maximum Gasteiger partial charge on any atom is 0.226 e. The Kier molecular flexibility index (Phi) is 10.4. The molecular formula is C27H37FN4O. The van der Waals surface area contributed by atoms with Crippen molar-refractivity contribution in [3.05, 3.63) is 71.3 Å². The first kappa shape index (κ1) is 26.4. The van der Waals surface area contributed by atoms with Gasteiger partial charge < -0.3 is 9.80 Å². The lowest BCUT2D eigenvalue weighted by Gasteiger charge is -2.19. The van der Waals surface area contributed by atoms with Crippen molar-refractivity contribution in [2.45, 2.75) is 47.0 Å². The summed E-state index contributed by atoms with van der Waals surface area (Å²) in [6.45, 7) is 15.3. The van der Waals surface area contributed by atoms with Crippen LogP contribution in [0.2, 0.25) is 0 Å². The Morgan fingerprint density at radius 2 is 1.88 bits per heavy atom. The topological polar surface area (TPSA) is 48.3 Å². The van der Waals surface area contributed by atoms with E-state index in [1.54, 1.807) is 6.08 Å². The molecule has 5 nitrogen and oxygen atoms in total. The summed E-state index contributed by atoms with van der Waals surface area (Å²) in [5.74, 6) is 0.401. The van der Waals surface area contributed by atoms with Gasteiger partial charge in [0.05, 0.1) is 11.4 Å². The van der Waals surface area contributed by atoms with Crippen molar-refractivity contribution in [1.29, 1.82) is 0 Å². The van der Waals surface area contributed by atoms with Crippen LogP contribution >= 0.6 is 0 Å². The average Bonchev–Trinajstić information content (AvgIpc) is 2.99. The van der Waals surface area contributed by atoms with Crippen LogP contribution in [0.5, 0.6) is 0 Å². The largest absolute Gasteiger partial charge is 0.339 e. The Labute approximate surface area is 198 Å². The van der Waals surface area contributed by atoms with E-state index in [1.807, 2.05) is 45.9 Å². The molecule has 2 rings (SSSR count). The molecular weight excluding hydrogens is 415 g/mol. The van der Waals surface area contributed by atoms with Gasteiger partial charge in [-0.05, 0) is 66.3 Å². The second-order valence-corrected chi connectivity index (χ2v) is 8.53. The first-order valence-corrected chi connectivity index (χ1v) is 11.6. The van der Waals surface area contributed by atoms with E-state index in [1.165, 1.54) is 12.2 Å². The van der Waals surface area contributed by atoms with Crippen molar-refractivity contribution in [2.75, 3.05) is 33.2 Å². The Morgan fingerprint density at radius 1 is 1.12 bits per heavy atom. The lowest BCUT2D eigenvalue weighted by atomic mass is 9.93. The number of rotatable bonds is 8. The zero-order valence-electron chi connectivity index (χ0n) is 20.7. The number of Topliss-reactive ketones (excluding diaryl/α,β-unsaturated/α-hetero) is 1. The molecule has 0 aromatic heterocycles. The van der Waals surface area contributed by atoms with Gasteiger partial charge in [-0.15, -0.1) is 0 Å². The summed E-state index contributed by atoms with van der Waals surface area (Å²) in [4.78, 5) is 26.9. The number of hydrogen-bond donors (Lipinski definition) is 0. The van der Waals surface area contributed by atoms with Crippen LogP contribution in [0.4, 0.5) is 4.39 Å². The summed E-state index contributed by atoms with van der Waals surface area (Å²) >= 11 is 0. The highest BCUT2D eigenvalue weighted by molar-refractivity contribution is 6.26. The van der Waals surface area contributed by atoms with Crippen LogP contribution in [0.3, 0.4) is 0 Å². The number of carbonyl (C=O) groups is 1. The third-order valence-electron chi connectivity index (χ3n) is 5.50. The molecule has 0 unspecified atom stereocenters. The number of allylic oxidation sites excluding steroid dienone is 10. The predicted molar refractivity (Wildman–Crippen MR) is 137 cm³/mol. The summed E-state index contributed by atoms with van der Waals surface area (Å²) in [6.07, 6.45) is 12.0. The van der Waals surface area contributed by atoms with E-state index in [2.05, 4.69) is 28.4 Å². The summed E-state index contributed by atoms with van der Waals surface area (Å²) in [6, 6.07) is 0. The van der Waals surface area contributed by atoms with E-state index in [-0.39, 0.29) is 11.6 Å². The molecule has 2 aliphatic rings. The molecule has 2 heterocycles. The SMILES string of the molecule is C=C1N=C(N2CCCN(C)CC2)N=C1C(=C/C)/C(=C\C)C(=O)CC/C=C/C=C(/F)C=C(C)C. The molecule has 0 aromatic carbocycles. The molecule has 0 aliphatic carbocycles. The Hall–Kier alpha value is -2.86. The number of nitrogens with zero attached hydrogens (tertiary/aromatic N) is 4. The molecule has 0 N–H and O–H groups in total. The molecule has 0 saturated carbocycles. The second-order valence-electron chi connectivity index (χ2n) is 8.53. The first-order chi connectivity index (χ1) is 15.8. The normalized spacial score (nSPS) is 19.0. The zero-order chi connectivity index (χ0) is 24.4. The van der Waals surface area contributed by atoms with Crippen LogP contribution in [-0.2, 0) is 4.79 Å². The first-order valence-electron chi connectivity index (χ1n) is 11.6. The Bertz CT molecular complexity index is 959. The van der Waals surface area contributed by atoms with Crippen LogP contribution in [0.25, 0.3) is 0 Å². The van der Waals surface area contributed by atoms with E-state index < -0.39 is 0 Å². The van der Waals surface area contributed by atoms with Crippen LogP contribution in [-0.4, -0.2) is 60.5 Å². The number of guanidine groups is 1. The van der Waals surface area contributed by atoms with Crippen molar-refractivity contribution in [3.8, 4) is 0 Å². The third-order valence-corrected chi connectivity index (χ3v) is 5.50. The van der Waals surface area contributed by atoms with Crippen LogP contribution in [0, 0.1) is 0 Å². The minimum Gasteiger partial charge on any atom is -0.339 e. The molecule has 0 atom stereocenters. The standard InChI is InChI=1S/C27H37FN4O/c1-7-23(25(33)14-11-9-10-13-22(28)19-20(3)4)24(8-2)26-21(5)29-27(30-26)32-16-12-15-31(6)17-18-32/h7-10,13,19H,5,11-12,14-18H2,1-4,6H3/b10-9+,22-13+,23-7+,24-8+. The molecule has 33 heavy (non-hydrogen) atoms. The van der Waals surface area contributed by atoms with Crippen molar-refractivity contribution < 1.29 is 9.18 Å².